The van der Waals surface area contributed by atoms with E-state index in [0.29, 0.717) is 30.8 Å². The number of carbonyl (C=O) groups is 1. The predicted octanol–water partition coefficient (Wildman–Crippen LogP) is 3.62. The summed E-state index contributed by atoms with van der Waals surface area (Å²) in [7, 11) is 1.46. The monoisotopic (exact) mass is 423 g/mol. The molecule has 2 aromatic carbocycles. The van der Waals surface area contributed by atoms with Gasteiger partial charge in [0.2, 0.25) is 0 Å². The van der Waals surface area contributed by atoms with Gasteiger partial charge in [0, 0.05) is 37.2 Å². The van der Waals surface area contributed by atoms with E-state index in [1.54, 1.807) is 4.90 Å². The van der Waals surface area contributed by atoms with Crippen LogP contribution in [0.25, 0.3) is 0 Å². The lowest BCUT2D eigenvalue weighted by Crippen LogP contribution is -2.51. The number of urea groups is 1. The average molecular weight is 423 g/mol. The minimum absolute atomic E-state index is 0.0000956. The molecule has 2 atom stereocenters. The van der Waals surface area contributed by atoms with Crippen LogP contribution in [0.2, 0.25) is 0 Å². The number of primary amides is 1. The molecule has 1 saturated heterocycles. The second-order valence-corrected chi connectivity index (χ2v) is 7.10. The van der Waals surface area contributed by atoms with Gasteiger partial charge in [-0.3, -0.25) is 0 Å². The van der Waals surface area contributed by atoms with Crippen LogP contribution >= 0.6 is 0 Å². The van der Waals surface area contributed by atoms with Crippen LogP contribution in [0, 0.1) is 0 Å². The second-order valence-electron chi connectivity index (χ2n) is 7.10. The molecule has 2 amide bonds. The van der Waals surface area contributed by atoms with Crippen molar-refractivity contribution in [2.75, 3.05) is 20.2 Å². The van der Waals surface area contributed by atoms with Gasteiger partial charge in [-0.25, -0.2) is 4.79 Å². The van der Waals surface area contributed by atoms with E-state index in [0.717, 1.165) is 5.56 Å². The normalized spacial score (nSPS) is 19.4. The van der Waals surface area contributed by atoms with Crippen molar-refractivity contribution in [3.05, 3.63) is 59.7 Å². The van der Waals surface area contributed by atoms with Gasteiger partial charge in [0.25, 0.3) is 0 Å². The Morgan fingerprint density at radius 1 is 1.23 bits per heavy atom. The highest BCUT2D eigenvalue weighted by molar-refractivity contribution is 5.72. The first-order chi connectivity index (χ1) is 14.3. The van der Waals surface area contributed by atoms with Crippen molar-refractivity contribution in [1.29, 1.82) is 0 Å². The summed E-state index contributed by atoms with van der Waals surface area (Å²) in [5, 5.41) is 3.42. The van der Waals surface area contributed by atoms with E-state index >= 15 is 0 Å². The topological polar surface area (TPSA) is 76.8 Å². The molecule has 1 aliphatic rings. The van der Waals surface area contributed by atoms with Crippen LogP contribution in [0.5, 0.6) is 11.5 Å². The molecule has 3 N–H and O–H groups in total. The molecule has 1 aliphatic heterocycles. The number of methoxy groups -OCH3 is 1. The standard InChI is InChI=1S/C21H24F3N3O3/c1-29-19-8-7-16(30-21(22,23)24)11-15(19)12-26-18-9-10-27(20(25)28)13-17(18)14-5-3-2-4-6-14/h2-8,11,17-18,26H,9-10,12-13H2,1H3,(H2,25,28)/t17-,18-/m1/s1. The molecular formula is C21H24F3N3O3. The highest BCUT2D eigenvalue weighted by atomic mass is 19.4. The van der Waals surface area contributed by atoms with Crippen LogP contribution in [0.15, 0.2) is 48.5 Å². The van der Waals surface area contributed by atoms with E-state index < -0.39 is 12.4 Å². The Labute approximate surface area is 172 Å². The molecule has 0 aliphatic carbocycles. The molecule has 6 nitrogen and oxygen atoms in total. The van der Waals surface area contributed by atoms with Gasteiger partial charge < -0.3 is 25.4 Å². The molecule has 0 saturated carbocycles. The summed E-state index contributed by atoms with van der Waals surface area (Å²) in [4.78, 5) is 13.3. The summed E-state index contributed by atoms with van der Waals surface area (Å²) in [6.07, 6.45) is -4.11. The maximum Gasteiger partial charge on any atom is 0.573 e. The largest absolute Gasteiger partial charge is 0.573 e. The average Bonchev–Trinajstić information content (AvgIpc) is 2.71. The number of piperidine rings is 1. The van der Waals surface area contributed by atoms with Gasteiger partial charge >= 0.3 is 12.4 Å². The molecule has 162 valence electrons. The van der Waals surface area contributed by atoms with Crippen molar-refractivity contribution >= 4 is 6.03 Å². The van der Waals surface area contributed by atoms with Gasteiger partial charge in [-0.15, -0.1) is 13.2 Å². The highest BCUT2D eigenvalue weighted by Crippen LogP contribution is 2.31. The Bertz CT molecular complexity index is 862. The fourth-order valence-electron chi connectivity index (χ4n) is 3.77. The zero-order valence-electron chi connectivity index (χ0n) is 16.5. The maximum absolute atomic E-state index is 12.6. The highest BCUT2D eigenvalue weighted by Gasteiger charge is 2.33. The number of ether oxygens (including phenoxy) is 2. The molecule has 0 bridgehead atoms. The van der Waals surface area contributed by atoms with Crippen LogP contribution < -0.4 is 20.5 Å². The first-order valence-electron chi connectivity index (χ1n) is 9.52. The molecule has 3 rings (SSSR count). The second kappa shape index (κ2) is 9.25. The lowest BCUT2D eigenvalue weighted by atomic mass is 9.86. The number of nitrogens with one attached hydrogen (secondary N) is 1. The number of halogens is 3. The molecule has 0 spiro atoms. The van der Waals surface area contributed by atoms with Gasteiger partial charge in [0.05, 0.1) is 7.11 Å². The Kier molecular flexibility index (Phi) is 6.71. The number of amides is 2. The van der Waals surface area contributed by atoms with E-state index in [2.05, 4.69) is 10.1 Å². The molecule has 0 aromatic heterocycles. The maximum atomic E-state index is 12.6. The first-order valence-corrected chi connectivity index (χ1v) is 9.52. The number of alkyl halides is 3. The zero-order chi connectivity index (χ0) is 21.7. The molecular weight excluding hydrogens is 399 g/mol. The van der Waals surface area contributed by atoms with Crippen LogP contribution in [-0.4, -0.2) is 43.5 Å². The number of hydrogen-bond donors (Lipinski definition) is 2. The van der Waals surface area contributed by atoms with Gasteiger partial charge in [-0.2, -0.15) is 0 Å². The predicted molar refractivity (Wildman–Crippen MR) is 105 cm³/mol. The van der Waals surface area contributed by atoms with Crippen molar-refractivity contribution in [1.82, 2.24) is 10.2 Å². The van der Waals surface area contributed by atoms with Crippen LogP contribution in [-0.2, 0) is 6.54 Å². The molecule has 0 radical (unpaired) electrons. The Balaban J connectivity index is 1.77. The molecule has 9 heteroatoms. The van der Waals surface area contributed by atoms with E-state index in [9.17, 15) is 18.0 Å². The van der Waals surface area contributed by atoms with Crippen molar-refractivity contribution in [3.8, 4) is 11.5 Å². The van der Waals surface area contributed by atoms with E-state index in [4.69, 9.17) is 10.5 Å². The van der Waals surface area contributed by atoms with Gasteiger partial charge in [-0.1, -0.05) is 30.3 Å². The third kappa shape index (κ3) is 5.56. The van der Waals surface area contributed by atoms with Crippen molar-refractivity contribution < 1.29 is 27.4 Å². The van der Waals surface area contributed by atoms with Crippen LogP contribution in [0.4, 0.5) is 18.0 Å². The third-order valence-electron chi connectivity index (χ3n) is 5.19. The van der Waals surface area contributed by atoms with Gasteiger partial charge in [-0.05, 0) is 30.2 Å². The van der Waals surface area contributed by atoms with E-state index in [1.165, 1.54) is 25.3 Å². The smallest absolute Gasteiger partial charge is 0.496 e. The number of carbonyl (C=O) groups excluding carboxylic acids is 1. The molecule has 2 aromatic rings. The minimum atomic E-state index is -4.76. The molecule has 1 heterocycles. The van der Waals surface area contributed by atoms with E-state index in [1.807, 2.05) is 30.3 Å². The zero-order valence-corrected chi connectivity index (χ0v) is 16.5. The summed E-state index contributed by atoms with van der Waals surface area (Å²) in [6, 6.07) is 13.3. The molecule has 1 fully saturated rings. The van der Waals surface area contributed by atoms with Crippen LogP contribution in [0.1, 0.15) is 23.5 Å². The fourth-order valence-corrected chi connectivity index (χ4v) is 3.77. The minimum Gasteiger partial charge on any atom is -0.496 e. The first kappa shape index (κ1) is 21.8. The quantitative estimate of drug-likeness (QED) is 0.744. The number of nitrogens with two attached hydrogens (primary N) is 1. The number of benzene rings is 2. The summed E-state index contributed by atoms with van der Waals surface area (Å²) >= 11 is 0. The fraction of sp³-hybridized carbons (Fsp3) is 0.381. The number of nitrogens with zero attached hydrogens (tertiary/aromatic N) is 1. The van der Waals surface area contributed by atoms with E-state index in [-0.39, 0.29) is 24.3 Å². The lowest BCUT2D eigenvalue weighted by Gasteiger charge is -2.38. The van der Waals surface area contributed by atoms with Crippen LogP contribution in [0.3, 0.4) is 0 Å². The number of likely N-dealkylation sites (tertiary alicyclic amines) is 1. The summed E-state index contributed by atoms with van der Waals surface area (Å²) < 4.78 is 47.0. The Morgan fingerprint density at radius 3 is 2.60 bits per heavy atom. The Hall–Kier alpha value is -2.94. The SMILES string of the molecule is COc1ccc(OC(F)(F)F)cc1CN[C@@H]1CCN(C(N)=O)C[C@@H]1c1ccccc1. The Morgan fingerprint density at radius 2 is 1.97 bits per heavy atom. The number of hydrogen-bond acceptors (Lipinski definition) is 4. The van der Waals surface area contributed by atoms with Crippen molar-refractivity contribution in [2.24, 2.45) is 5.73 Å². The van der Waals surface area contributed by atoms with Gasteiger partial charge in [0.15, 0.2) is 0 Å². The molecule has 30 heavy (non-hydrogen) atoms. The molecule has 0 unspecified atom stereocenters. The van der Waals surface area contributed by atoms with Crippen molar-refractivity contribution in [3.63, 3.8) is 0 Å². The lowest BCUT2D eigenvalue weighted by molar-refractivity contribution is -0.274. The summed E-state index contributed by atoms with van der Waals surface area (Å²) in [6.45, 7) is 1.25. The third-order valence-corrected chi connectivity index (χ3v) is 5.19. The summed E-state index contributed by atoms with van der Waals surface area (Å²) in [5.74, 6) is 0.152. The summed E-state index contributed by atoms with van der Waals surface area (Å²) in [5.41, 5.74) is 7.07. The number of rotatable bonds is 6. The van der Waals surface area contributed by atoms with Crippen molar-refractivity contribution in [2.45, 2.75) is 31.3 Å². The van der Waals surface area contributed by atoms with Gasteiger partial charge in [0.1, 0.15) is 11.5 Å².